The summed E-state index contributed by atoms with van der Waals surface area (Å²) >= 11 is 0. The average Bonchev–Trinajstić information content (AvgIpc) is 4.14. The lowest BCUT2D eigenvalue weighted by molar-refractivity contribution is -0.136. The van der Waals surface area contributed by atoms with Crippen molar-refractivity contribution in [1.29, 1.82) is 0 Å². The van der Waals surface area contributed by atoms with Crippen LogP contribution in [0.4, 0.5) is 20.3 Å². The molecule has 408 valence electrons. The molecule has 1 spiro atoms. The summed E-state index contributed by atoms with van der Waals surface area (Å²) in [4.78, 5) is 63.0. The summed E-state index contributed by atoms with van der Waals surface area (Å²) in [6.07, 6.45) is 9.47. The maximum Gasteiger partial charge on any atom is 0.319 e. The van der Waals surface area contributed by atoms with Gasteiger partial charge in [-0.25, -0.2) is 8.78 Å². The highest BCUT2D eigenvalue weighted by Crippen LogP contribution is 2.54. The molecule has 6 fully saturated rings. The van der Waals surface area contributed by atoms with Crippen LogP contribution in [-0.4, -0.2) is 163 Å². The second-order valence-corrected chi connectivity index (χ2v) is 23.4. The number of anilines is 2. The fraction of sp³-hybridized carbons (Fsp3) is 0.552. The van der Waals surface area contributed by atoms with Crippen molar-refractivity contribution in [3.63, 3.8) is 0 Å². The zero-order chi connectivity index (χ0) is 53.2. The number of ether oxygens (including phenoxy) is 4. The number of fused-ring (bicyclic) bond motifs is 3. The molecule has 0 radical (unpaired) electrons. The first kappa shape index (κ1) is 51.6. The van der Waals surface area contributed by atoms with Crippen LogP contribution in [0, 0.1) is 28.4 Å². The summed E-state index contributed by atoms with van der Waals surface area (Å²) in [7, 11) is 1.52. The van der Waals surface area contributed by atoms with Gasteiger partial charge in [-0.2, -0.15) is 9.97 Å². The number of benzene rings is 3. The number of halogens is 2. The van der Waals surface area contributed by atoms with Gasteiger partial charge < -0.3 is 43.7 Å². The van der Waals surface area contributed by atoms with Crippen molar-refractivity contribution in [3.05, 3.63) is 77.0 Å². The summed E-state index contributed by atoms with van der Waals surface area (Å²) in [5.41, 5.74) is 2.64. The largest absolute Gasteiger partial charge is 0.468 e. The lowest BCUT2D eigenvalue weighted by Gasteiger charge is -2.54. The summed E-state index contributed by atoms with van der Waals surface area (Å²) in [6.45, 7) is 13.3. The number of pyridine rings is 1. The third-order valence-electron chi connectivity index (χ3n) is 17.6. The Morgan fingerprint density at radius 3 is 2.45 bits per heavy atom. The minimum Gasteiger partial charge on any atom is -0.468 e. The quantitative estimate of drug-likeness (QED) is 0.0860. The molecule has 7 heterocycles. The Morgan fingerprint density at radius 2 is 1.70 bits per heavy atom. The van der Waals surface area contributed by atoms with Crippen molar-refractivity contribution in [3.8, 4) is 23.0 Å². The first-order valence-electron chi connectivity index (χ1n) is 27.6. The number of β-amino-alcohol motifs (C(OH)–C–C–N with tert-alkyl or cyclic N) is 1. The summed E-state index contributed by atoms with van der Waals surface area (Å²) in [5, 5.41) is 15.2. The molecule has 3 aromatic carbocycles. The van der Waals surface area contributed by atoms with Gasteiger partial charge in [-0.15, -0.1) is 0 Å². The second kappa shape index (κ2) is 20.6. The van der Waals surface area contributed by atoms with Crippen LogP contribution in [0.15, 0.2) is 48.7 Å². The molecule has 3 amide bonds. The Balaban J connectivity index is 0.676. The molecular weight excluding hydrogens is 989 g/mol. The van der Waals surface area contributed by atoms with Crippen LogP contribution >= 0.6 is 0 Å². The number of amides is 3. The van der Waals surface area contributed by atoms with E-state index in [1.165, 1.54) is 38.9 Å². The molecule has 2 saturated carbocycles. The van der Waals surface area contributed by atoms with E-state index in [-0.39, 0.29) is 66.7 Å². The Hall–Kier alpha value is -6.12. The lowest BCUT2D eigenvalue weighted by Crippen LogP contribution is -2.53. The van der Waals surface area contributed by atoms with Gasteiger partial charge in [0.2, 0.25) is 11.8 Å². The fourth-order valence-corrected chi connectivity index (χ4v) is 13.3. The van der Waals surface area contributed by atoms with Gasteiger partial charge in [-0.05, 0) is 141 Å². The normalized spacial score (nSPS) is 23.8. The third kappa shape index (κ3) is 10.3. The molecule has 17 nitrogen and oxygen atoms in total. The first-order valence-corrected chi connectivity index (χ1v) is 27.6. The monoisotopic (exact) mass is 1060 g/mol. The van der Waals surface area contributed by atoms with Gasteiger partial charge in [0.05, 0.1) is 31.8 Å². The van der Waals surface area contributed by atoms with Crippen LogP contribution in [0.2, 0.25) is 0 Å². The van der Waals surface area contributed by atoms with Crippen LogP contribution in [0.3, 0.4) is 0 Å². The van der Waals surface area contributed by atoms with Gasteiger partial charge in [-0.3, -0.25) is 29.6 Å². The highest BCUT2D eigenvalue weighted by molar-refractivity contribution is 6.06. The van der Waals surface area contributed by atoms with Crippen LogP contribution in [0.5, 0.6) is 11.8 Å². The number of hydrogen-bond donors (Lipinski definition) is 2. The number of aryl methyl sites for hydroxylation is 1. The van der Waals surface area contributed by atoms with Crippen molar-refractivity contribution in [2.45, 2.75) is 89.8 Å². The third-order valence-corrected chi connectivity index (χ3v) is 17.6. The number of carbonyl (C=O) groups is 3. The second-order valence-electron chi connectivity index (χ2n) is 23.4. The number of nitrogens with one attached hydrogen (secondary N) is 1. The summed E-state index contributed by atoms with van der Waals surface area (Å²) in [5.74, 6) is -0.402. The van der Waals surface area contributed by atoms with E-state index in [1.54, 1.807) is 36.2 Å². The van der Waals surface area contributed by atoms with E-state index in [0.717, 1.165) is 76.5 Å². The number of hydrogen-bond acceptors (Lipinski definition) is 15. The molecule has 77 heavy (non-hydrogen) atoms. The minimum absolute atomic E-state index is 0.00951. The zero-order valence-electron chi connectivity index (χ0n) is 44.4. The van der Waals surface area contributed by atoms with Crippen LogP contribution in [-0.2, 0) is 32.0 Å². The van der Waals surface area contributed by atoms with Crippen molar-refractivity contribution in [2.75, 3.05) is 109 Å². The van der Waals surface area contributed by atoms with Gasteiger partial charge in [0.25, 0.3) is 5.91 Å². The van der Waals surface area contributed by atoms with Crippen molar-refractivity contribution in [2.24, 2.45) is 16.7 Å². The number of rotatable bonds is 15. The standard InChI is InChI=1S/C58H69F2N9O8/c1-4-41-45(59)8-5-37-24-40(77-35-74-3)25-43(48(37)41)50-49(60)51-44(28-61-50)52(68-21-22-75-33-56(2,73)31-68)64-55(63-51)76-34-58(11-12-58)32-66-15-13-57(14-16-66)26-36(27-57)29-65-17-19-67(20-18-65)39-6-7-42-38(23-39)30-69(54(42)72)46-9-10-47(70)62-53(46)71/h5-8,23-25,28,36,46,73H,4,9-22,26-27,29-35H2,1-3H3,(H,62,70,71)/t46-,56?/m0/s1. The van der Waals surface area contributed by atoms with E-state index in [0.29, 0.717) is 94.9 Å². The van der Waals surface area contributed by atoms with Gasteiger partial charge >= 0.3 is 6.01 Å². The van der Waals surface area contributed by atoms with E-state index < -0.39 is 23.3 Å². The van der Waals surface area contributed by atoms with Crippen LogP contribution < -0.4 is 24.6 Å². The Labute approximate surface area is 447 Å². The number of aliphatic hydroxyl groups is 1. The number of methoxy groups -OCH3 is 1. The highest BCUT2D eigenvalue weighted by atomic mass is 19.1. The van der Waals surface area contributed by atoms with Gasteiger partial charge in [0.1, 0.15) is 40.2 Å². The highest BCUT2D eigenvalue weighted by Gasteiger charge is 2.50. The maximum absolute atomic E-state index is 17.5. The molecule has 2 atom stereocenters. The van der Waals surface area contributed by atoms with Gasteiger partial charge in [0, 0.05) is 94.3 Å². The molecular formula is C58H69F2N9O8. The van der Waals surface area contributed by atoms with E-state index >= 15 is 8.78 Å². The smallest absolute Gasteiger partial charge is 0.319 e. The summed E-state index contributed by atoms with van der Waals surface area (Å²) in [6, 6.07) is 12.0. The lowest BCUT2D eigenvalue weighted by atomic mass is 9.57. The molecule has 2 aromatic heterocycles. The number of piperidine rings is 2. The predicted octanol–water partition coefficient (Wildman–Crippen LogP) is 6.49. The Kier molecular flexibility index (Phi) is 13.8. The van der Waals surface area contributed by atoms with Gasteiger partial charge in [-0.1, -0.05) is 13.0 Å². The Morgan fingerprint density at radius 1 is 0.896 bits per heavy atom. The molecule has 2 aliphatic carbocycles. The first-order chi connectivity index (χ1) is 37.2. The molecule has 1 unspecified atom stereocenters. The van der Waals surface area contributed by atoms with Gasteiger partial charge in [0.15, 0.2) is 12.6 Å². The Bertz CT molecular complexity index is 3110. The zero-order valence-corrected chi connectivity index (χ0v) is 44.4. The molecule has 7 aliphatic rings. The molecule has 4 saturated heterocycles. The number of piperazine rings is 1. The molecule has 5 aromatic rings. The fourth-order valence-electron chi connectivity index (χ4n) is 13.3. The number of nitrogens with zero attached hydrogens (tertiary/aromatic N) is 8. The number of likely N-dealkylation sites (tertiary alicyclic amines) is 1. The van der Waals surface area contributed by atoms with Crippen LogP contribution in [0.1, 0.15) is 86.7 Å². The van der Waals surface area contributed by atoms with Crippen molar-refractivity contribution < 1.29 is 47.2 Å². The van der Waals surface area contributed by atoms with E-state index in [4.69, 9.17) is 28.9 Å². The minimum atomic E-state index is -1.20. The van der Waals surface area contributed by atoms with Crippen molar-refractivity contribution in [1.82, 2.24) is 35.0 Å². The van der Waals surface area contributed by atoms with Crippen molar-refractivity contribution >= 4 is 50.9 Å². The molecule has 19 heteroatoms. The number of carbonyl (C=O) groups excluding carboxylic acids is 3. The topological polar surface area (TPSA) is 175 Å². The summed E-state index contributed by atoms with van der Waals surface area (Å²) < 4.78 is 56.2. The van der Waals surface area contributed by atoms with E-state index in [2.05, 4.69) is 31.1 Å². The SMILES string of the molecule is CCc1c(F)ccc2cc(OCOC)cc(-c3ncc4c(N5CCOCC(C)(O)C5)nc(OCC5(CN6CCC7(CC6)CC(CN6CCN(c8ccc9c(c8)CN([C@H]8CCC(=O)NC8=O)C9=O)CC6)C7)CC5)nc4c3F)c12. The van der Waals surface area contributed by atoms with Crippen LogP contribution in [0.25, 0.3) is 32.9 Å². The molecule has 5 aliphatic heterocycles. The average molecular weight is 1060 g/mol. The molecule has 0 bridgehead atoms. The van der Waals surface area contributed by atoms with E-state index in [9.17, 15) is 19.5 Å². The van der Waals surface area contributed by atoms with E-state index in [1.807, 2.05) is 24.0 Å². The maximum atomic E-state index is 17.5. The molecule has 12 rings (SSSR count). The number of aromatic nitrogens is 3. The number of imide groups is 1. The predicted molar refractivity (Wildman–Crippen MR) is 285 cm³/mol. The molecule has 2 N–H and O–H groups in total.